The van der Waals surface area contributed by atoms with Crippen LogP contribution in [0.3, 0.4) is 0 Å². The molecule has 1 aromatic rings. The van der Waals surface area contributed by atoms with Gasteiger partial charge in [-0.15, -0.1) is 0 Å². The van der Waals surface area contributed by atoms with Crippen molar-refractivity contribution in [1.82, 2.24) is 10.2 Å². The molecule has 106 valence electrons. The monoisotopic (exact) mass is 264 g/mol. The van der Waals surface area contributed by atoms with E-state index in [9.17, 15) is 4.79 Å². The maximum atomic E-state index is 11.7. The molecule has 1 aromatic carbocycles. The molecule has 0 spiro atoms. The number of likely N-dealkylation sites (N-methyl/N-ethyl adjacent to an activating group) is 1. The molecule has 1 atom stereocenters. The molecule has 0 aliphatic carbocycles. The van der Waals surface area contributed by atoms with Crippen LogP contribution in [0.4, 0.5) is 0 Å². The van der Waals surface area contributed by atoms with Crippen LogP contribution in [0.5, 0.6) is 0 Å². The third-order valence-electron chi connectivity index (χ3n) is 3.11. The summed E-state index contributed by atoms with van der Waals surface area (Å²) in [6.07, 6.45) is 1.90. The number of carbonyl (C=O) groups excluding carboxylic acids is 1. The van der Waals surface area contributed by atoms with Crippen molar-refractivity contribution < 1.29 is 9.90 Å². The van der Waals surface area contributed by atoms with Crippen LogP contribution in [-0.2, 0) is 4.79 Å². The molecule has 0 fully saturated rings. The topological polar surface area (TPSA) is 52.6 Å². The maximum Gasteiger partial charge on any atom is 0.220 e. The third kappa shape index (κ3) is 5.85. The summed E-state index contributed by atoms with van der Waals surface area (Å²) in [5.41, 5.74) is 1.20. The van der Waals surface area contributed by atoms with Gasteiger partial charge in [0.1, 0.15) is 0 Å². The summed E-state index contributed by atoms with van der Waals surface area (Å²) in [4.78, 5) is 13.8. The van der Waals surface area contributed by atoms with Crippen LogP contribution in [0.1, 0.15) is 30.9 Å². The number of benzene rings is 1. The number of nitrogens with one attached hydrogen (secondary N) is 1. The van der Waals surface area contributed by atoms with E-state index in [4.69, 9.17) is 5.11 Å². The lowest BCUT2D eigenvalue weighted by Crippen LogP contribution is -2.34. The van der Waals surface area contributed by atoms with Gasteiger partial charge in [-0.05, 0) is 32.5 Å². The van der Waals surface area contributed by atoms with Crippen LogP contribution in [-0.4, -0.2) is 43.2 Å². The Balaban J connectivity index is 2.45. The fraction of sp³-hybridized carbons (Fsp3) is 0.533. The van der Waals surface area contributed by atoms with Crippen molar-refractivity contribution in [3.05, 3.63) is 35.9 Å². The smallest absolute Gasteiger partial charge is 0.220 e. The number of aliphatic hydroxyl groups is 1. The van der Waals surface area contributed by atoms with E-state index in [2.05, 4.69) is 22.3 Å². The first-order chi connectivity index (χ1) is 9.15. The Morgan fingerprint density at radius 2 is 1.95 bits per heavy atom. The van der Waals surface area contributed by atoms with Crippen molar-refractivity contribution in [1.29, 1.82) is 0 Å². The Kier molecular flexibility index (Phi) is 7.15. The molecule has 0 heterocycles. The fourth-order valence-electron chi connectivity index (χ4n) is 1.97. The molecular weight excluding hydrogens is 240 g/mol. The molecule has 1 amide bonds. The van der Waals surface area contributed by atoms with Gasteiger partial charge < -0.3 is 15.3 Å². The minimum Gasteiger partial charge on any atom is -0.396 e. The lowest BCUT2D eigenvalue weighted by Gasteiger charge is -2.25. The van der Waals surface area contributed by atoms with Gasteiger partial charge in [-0.2, -0.15) is 0 Å². The number of unbranched alkanes of at least 4 members (excludes halogenated alkanes) is 1. The second-order valence-corrected chi connectivity index (χ2v) is 4.87. The van der Waals surface area contributed by atoms with Gasteiger partial charge in [0.15, 0.2) is 0 Å². The van der Waals surface area contributed by atoms with Gasteiger partial charge in [0.2, 0.25) is 5.91 Å². The summed E-state index contributed by atoms with van der Waals surface area (Å²) in [7, 11) is 4.02. The first kappa shape index (κ1) is 15.7. The quantitative estimate of drug-likeness (QED) is 0.701. The largest absolute Gasteiger partial charge is 0.396 e. The fourth-order valence-corrected chi connectivity index (χ4v) is 1.97. The van der Waals surface area contributed by atoms with Crippen molar-refractivity contribution in [3.8, 4) is 0 Å². The minimum atomic E-state index is 0.0521. The summed E-state index contributed by atoms with van der Waals surface area (Å²) < 4.78 is 0. The molecular formula is C15H24N2O2. The third-order valence-corrected chi connectivity index (χ3v) is 3.11. The van der Waals surface area contributed by atoms with E-state index in [1.807, 2.05) is 32.3 Å². The molecule has 0 radical (unpaired) electrons. The van der Waals surface area contributed by atoms with Gasteiger partial charge in [0, 0.05) is 19.6 Å². The van der Waals surface area contributed by atoms with Gasteiger partial charge in [-0.25, -0.2) is 0 Å². The highest BCUT2D eigenvalue weighted by atomic mass is 16.2. The SMILES string of the molecule is CN(C)C(CNC(=O)CCCCO)c1ccccc1. The number of hydrogen-bond acceptors (Lipinski definition) is 3. The van der Waals surface area contributed by atoms with Gasteiger partial charge in [-0.3, -0.25) is 4.79 Å². The average Bonchev–Trinajstić information content (AvgIpc) is 2.40. The molecule has 4 nitrogen and oxygen atoms in total. The van der Waals surface area contributed by atoms with Crippen molar-refractivity contribution >= 4 is 5.91 Å². The number of amides is 1. The average molecular weight is 264 g/mol. The van der Waals surface area contributed by atoms with Crippen molar-refractivity contribution in [3.63, 3.8) is 0 Å². The number of rotatable bonds is 8. The van der Waals surface area contributed by atoms with E-state index >= 15 is 0 Å². The van der Waals surface area contributed by atoms with Crippen LogP contribution >= 0.6 is 0 Å². The van der Waals surface area contributed by atoms with Gasteiger partial charge >= 0.3 is 0 Å². The Hall–Kier alpha value is -1.39. The van der Waals surface area contributed by atoms with E-state index in [-0.39, 0.29) is 18.6 Å². The van der Waals surface area contributed by atoms with Crippen LogP contribution < -0.4 is 5.32 Å². The number of nitrogens with zero attached hydrogens (tertiary/aromatic N) is 1. The van der Waals surface area contributed by atoms with Crippen molar-refractivity contribution in [2.45, 2.75) is 25.3 Å². The number of hydrogen-bond donors (Lipinski definition) is 2. The molecule has 4 heteroatoms. The van der Waals surface area contributed by atoms with Gasteiger partial charge in [0.25, 0.3) is 0 Å². The van der Waals surface area contributed by atoms with Crippen LogP contribution in [0.25, 0.3) is 0 Å². The summed E-state index contributed by atoms with van der Waals surface area (Å²) in [6.45, 7) is 0.757. The number of carbonyl (C=O) groups is 1. The normalized spacial score (nSPS) is 12.4. The number of aliphatic hydroxyl groups excluding tert-OH is 1. The molecule has 0 aliphatic heterocycles. The molecule has 1 rings (SSSR count). The summed E-state index contributed by atoms with van der Waals surface area (Å²) >= 11 is 0. The molecule has 2 N–H and O–H groups in total. The zero-order valence-corrected chi connectivity index (χ0v) is 11.8. The van der Waals surface area contributed by atoms with E-state index < -0.39 is 0 Å². The Labute approximate surface area is 115 Å². The standard InChI is InChI=1S/C15H24N2O2/c1-17(2)14(13-8-4-3-5-9-13)12-16-15(19)10-6-7-11-18/h3-5,8-9,14,18H,6-7,10-12H2,1-2H3,(H,16,19). The highest BCUT2D eigenvalue weighted by molar-refractivity contribution is 5.75. The summed E-state index contributed by atoms with van der Waals surface area (Å²) in [5, 5.41) is 11.6. The molecule has 1 unspecified atom stereocenters. The predicted molar refractivity (Wildman–Crippen MR) is 76.8 cm³/mol. The zero-order valence-electron chi connectivity index (χ0n) is 11.8. The van der Waals surface area contributed by atoms with Crippen molar-refractivity contribution in [2.24, 2.45) is 0 Å². The Bertz CT molecular complexity index is 366. The first-order valence-electron chi connectivity index (χ1n) is 6.74. The van der Waals surface area contributed by atoms with Crippen LogP contribution in [0.2, 0.25) is 0 Å². The summed E-state index contributed by atoms with van der Waals surface area (Å²) in [6, 6.07) is 10.3. The molecule has 0 aromatic heterocycles. The first-order valence-corrected chi connectivity index (χ1v) is 6.74. The van der Waals surface area contributed by atoms with E-state index in [1.165, 1.54) is 5.56 Å². The van der Waals surface area contributed by atoms with Crippen molar-refractivity contribution in [2.75, 3.05) is 27.2 Å². The van der Waals surface area contributed by atoms with E-state index in [0.29, 0.717) is 19.4 Å². The van der Waals surface area contributed by atoms with Gasteiger partial charge in [-0.1, -0.05) is 30.3 Å². The van der Waals surface area contributed by atoms with Crippen LogP contribution in [0, 0.1) is 0 Å². The van der Waals surface area contributed by atoms with Crippen LogP contribution in [0.15, 0.2) is 30.3 Å². The highest BCUT2D eigenvalue weighted by Gasteiger charge is 2.14. The Morgan fingerprint density at radius 3 is 2.53 bits per heavy atom. The minimum absolute atomic E-state index is 0.0521. The van der Waals surface area contributed by atoms with E-state index in [1.54, 1.807) is 0 Å². The molecule has 0 bridgehead atoms. The predicted octanol–water partition coefficient (Wildman–Crippen LogP) is 1.57. The molecule has 0 aliphatic rings. The lowest BCUT2D eigenvalue weighted by atomic mass is 10.1. The van der Waals surface area contributed by atoms with E-state index in [0.717, 1.165) is 6.42 Å². The highest BCUT2D eigenvalue weighted by Crippen LogP contribution is 2.16. The second kappa shape index (κ2) is 8.67. The molecule has 0 saturated carbocycles. The Morgan fingerprint density at radius 1 is 1.26 bits per heavy atom. The maximum absolute atomic E-state index is 11.7. The molecule has 0 saturated heterocycles. The zero-order chi connectivity index (χ0) is 14.1. The summed E-state index contributed by atoms with van der Waals surface area (Å²) in [5.74, 6) is 0.0521. The lowest BCUT2D eigenvalue weighted by molar-refractivity contribution is -0.121. The van der Waals surface area contributed by atoms with Gasteiger partial charge in [0.05, 0.1) is 6.04 Å². The second-order valence-electron chi connectivity index (χ2n) is 4.87. The molecule has 19 heavy (non-hydrogen) atoms.